The normalized spacial score (nSPS) is 22.6. The first-order valence-electron chi connectivity index (χ1n) is 5.49. The standard InChI is InChI=1S/C12H16N2O2/c1-2-16-12(15)14-11-9-6-4-3-5-8(9)7-10(11)13/h3-6,10-11H,2,7,13H2,1H3,(H,14,15). The lowest BCUT2D eigenvalue weighted by Gasteiger charge is -2.18. The third-order valence-corrected chi connectivity index (χ3v) is 2.82. The van der Waals surface area contributed by atoms with Crippen molar-refractivity contribution in [3.8, 4) is 0 Å². The first-order chi connectivity index (χ1) is 7.72. The van der Waals surface area contributed by atoms with Gasteiger partial charge in [-0.05, 0) is 24.5 Å². The van der Waals surface area contributed by atoms with Gasteiger partial charge in [0.05, 0.1) is 12.6 Å². The summed E-state index contributed by atoms with van der Waals surface area (Å²) in [6, 6.07) is 7.79. The Balaban J connectivity index is 2.13. The number of rotatable bonds is 2. The van der Waals surface area contributed by atoms with E-state index in [9.17, 15) is 4.79 Å². The Kier molecular flexibility index (Phi) is 3.10. The molecule has 2 atom stereocenters. The monoisotopic (exact) mass is 220 g/mol. The summed E-state index contributed by atoms with van der Waals surface area (Å²) in [5, 5.41) is 2.80. The highest BCUT2D eigenvalue weighted by Gasteiger charge is 2.30. The van der Waals surface area contributed by atoms with Crippen LogP contribution in [0.25, 0.3) is 0 Å². The number of hydrogen-bond acceptors (Lipinski definition) is 3. The molecule has 0 saturated carbocycles. The Morgan fingerprint density at radius 3 is 3.06 bits per heavy atom. The third-order valence-electron chi connectivity index (χ3n) is 2.82. The minimum atomic E-state index is -0.403. The van der Waals surface area contributed by atoms with Crippen molar-refractivity contribution in [3.05, 3.63) is 35.4 Å². The molecule has 2 rings (SSSR count). The van der Waals surface area contributed by atoms with Crippen molar-refractivity contribution < 1.29 is 9.53 Å². The van der Waals surface area contributed by atoms with Crippen molar-refractivity contribution in [1.29, 1.82) is 0 Å². The summed E-state index contributed by atoms with van der Waals surface area (Å²) >= 11 is 0. The molecule has 16 heavy (non-hydrogen) atoms. The van der Waals surface area contributed by atoms with Gasteiger partial charge in [-0.1, -0.05) is 24.3 Å². The summed E-state index contributed by atoms with van der Waals surface area (Å²) in [5.74, 6) is 0. The van der Waals surface area contributed by atoms with E-state index in [1.54, 1.807) is 6.92 Å². The molecule has 2 unspecified atom stereocenters. The van der Waals surface area contributed by atoms with E-state index in [0.717, 1.165) is 12.0 Å². The molecule has 3 N–H and O–H groups in total. The first-order valence-corrected chi connectivity index (χ1v) is 5.49. The van der Waals surface area contributed by atoms with Gasteiger partial charge in [0.25, 0.3) is 0 Å². The van der Waals surface area contributed by atoms with Crippen LogP contribution in [-0.2, 0) is 11.2 Å². The van der Waals surface area contributed by atoms with Gasteiger partial charge in [-0.2, -0.15) is 0 Å². The number of amides is 1. The van der Waals surface area contributed by atoms with Gasteiger partial charge in [-0.3, -0.25) is 0 Å². The van der Waals surface area contributed by atoms with Crippen LogP contribution in [0.4, 0.5) is 4.79 Å². The molecule has 86 valence electrons. The smallest absolute Gasteiger partial charge is 0.407 e. The molecule has 1 aromatic rings. The van der Waals surface area contributed by atoms with Gasteiger partial charge in [-0.15, -0.1) is 0 Å². The predicted molar refractivity (Wildman–Crippen MR) is 61.0 cm³/mol. The Morgan fingerprint density at radius 2 is 2.31 bits per heavy atom. The van der Waals surface area contributed by atoms with Crippen LogP contribution in [0.1, 0.15) is 24.1 Å². The maximum absolute atomic E-state index is 11.4. The quantitative estimate of drug-likeness (QED) is 0.791. The van der Waals surface area contributed by atoms with Crippen molar-refractivity contribution in [2.75, 3.05) is 6.61 Å². The summed E-state index contributed by atoms with van der Waals surface area (Å²) in [4.78, 5) is 11.4. The lowest BCUT2D eigenvalue weighted by Crippen LogP contribution is -2.38. The molecule has 0 aliphatic heterocycles. The van der Waals surface area contributed by atoms with Gasteiger partial charge >= 0.3 is 6.09 Å². The van der Waals surface area contributed by atoms with Gasteiger partial charge in [0, 0.05) is 6.04 Å². The van der Waals surface area contributed by atoms with E-state index in [-0.39, 0.29) is 12.1 Å². The predicted octanol–water partition coefficient (Wildman–Crippen LogP) is 1.36. The summed E-state index contributed by atoms with van der Waals surface area (Å²) in [7, 11) is 0. The first kappa shape index (κ1) is 11.0. The molecule has 1 amide bonds. The van der Waals surface area contributed by atoms with E-state index in [4.69, 9.17) is 10.5 Å². The number of nitrogens with two attached hydrogens (primary N) is 1. The molecule has 4 heteroatoms. The molecule has 4 nitrogen and oxygen atoms in total. The van der Waals surface area contributed by atoms with Crippen molar-refractivity contribution in [2.24, 2.45) is 5.73 Å². The van der Waals surface area contributed by atoms with Crippen LogP contribution in [0.5, 0.6) is 0 Å². The van der Waals surface area contributed by atoms with E-state index < -0.39 is 6.09 Å². The Hall–Kier alpha value is -1.55. The van der Waals surface area contributed by atoms with Crippen molar-refractivity contribution in [3.63, 3.8) is 0 Å². The second-order valence-electron chi connectivity index (χ2n) is 3.91. The molecule has 1 aliphatic rings. The maximum Gasteiger partial charge on any atom is 0.407 e. The van der Waals surface area contributed by atoms with Crippen LogP contribution in [-0.4, -0.2) is 18.7 Å². The molecule has 0 fully saturated rings. The van der Waals surface area contributed by atoms with Gasteiger partial charge < -0.3 is 15.8 Å². The number of fused-ring (bicyclic) bond motifs is 1. The highest BCUT2D eigenvalue weighted by molar-refractivity contribution is 5.68. The van der Waals surface area contributed by atoms with Crippen LogP contribution in [0, 0.1) is 0 Å². The van der Waals surface area contributed by atoms with Gasteiger partial charge in [-0.25, -0.2) is 4.79 Å². The summed E-state index contributed by atoms with van der Waals surface area (Å²) in [6.45, 7) is 2.15. The zero-order chi connectivity index (χ0) is 11.5. The third kappa shape index (κ3) is 2.02. The minimum absolute atomic E-state index is 0.0678. The Morgan fingerprint density at radius 1 is 1.56 bits per heavy atom. The van der Waals surface area contributed by atoms with E-state index in [1.807, 2.05) is 24.3 Å². The molecule has 0 bridgehead atoms. The fourth-order valence-corrected chi connectivity index (χ4v) is 2.11. The zero-order valence-corrected chi connectivity index (χ0v) is 9.27. The maximum atomic E-state index is 11.4. The Labute approximate surface area is 94.8 Å². The second-order valence-corrected chi connectivity index (χ2v) is 3.91. The fraction of sp³-hybridized carbons (Fsp3) is 0.417. The molecular formula is C12H16N2O2. The number of carbonyl (C=O) groups is 1. The van der Waals surface area contributed by atoms with Crippen LogP contribution in [0.15, 0.2) is 24.3 Å². The minimum Gasteiger partial charge on any atom is -0.450 e. The number of benzene rings is 1. The number of hydrogen-bond donors (Lipinski definition) is 2. The Bertz CT molecular complexity index is 392. The molecule has 1 aliphatic carbocycles. The van der Waals surface area contributed by atoms with Crippen LogP contribution in [0.2, 0.25) is 0 Å². The number of ether oxygens (including phenoxy) is 1. The van der Waals surface area contributed by atoms with Crippen LogP contribution >= 0.6 is 0 Å². The topological polar surface area (TPSA) is 64.3 Å². The molecule has 0 radical (unpaired) electrons. The summed E-state index contributed by atoms with van der Waals surface area (Å²) in [6.07, 6.45) is 0.396. The number of carbonyl (C=O) groups excluding carboxylic acids is 1. The van der Waals surface area contributed by atoms with E-state index in [1.165, 1.54) is 5.56 Å². The van der Waals surface area contributed by atoms with E-state index in [0.29, 0.717) is 6.61 Å². The van der Waals surface area contributed by atoms with Crippen molar-refractivity contribution in [2.45, 2.75) is 25.4 Å². The molecular weight excluding hydrogens is 204 g/mol. The average Bonchev–Trinajstić information content (AvgIpc) is 2.56. The second kappa shape index (κ2) is 4.53. The largest absolute Gasteiger partial charge is 0.450 e. The highest BCUT2D eigenvalue weighted by atomic mass is 16.5. The zero-order valence-electron chi connectivity index (χ0n) is 9.27. The SMILES string of the molecule is CCOC(=O)NC1c2ccccc2CC1N. The van der Waals surface area contributed by atoms with E-state index >= 15 is 0 Å². The summed E-state index contributed by atoms with van der Waals surface area (Å²) in [5.41, 5.74) is 8.31. The van der Waals surface area contributed by atoms with Crippen molar-refractivity contribution in [1.82, 2.24) is 5.32 Å². The van der Waals surface area contributed by atoms with Gasteiger partial charge in [0.2, 0.25) is 0 Å². The summed E-state index contributed by atoms with van der Waals surface area (Å²) < 4.78 is 4.86. The lowest BCUT2D eigenvalue weighted by molar-refractivity contribution is 0.147. The molecule has 0 heterocycles. The van der Waals surface area contributed by atoms with Gasteiger partial charge in [0.15, 0.2) is 0 Å². The average molecular weight is 220 g/mol. The van der Waals surface area contributed by atoms with Crippen LogP contribution < -0.4 is 11.1 Å². The molecule has 1 aromatic carbocycles. The number of nitrogens with one attached hydrogen (secondary N) is 1. The van der Waals surface area contributed by atoms with Crippen LogP contribution in [0.3, 0.4) is 0 Å². The molecule has 0 saturated heterocycles. The molecule has 0 aromatic heterocycles. The van der Waals surface area contributed by atoms with Gasteiger partial charge in [0.1, 0.15) is 0 Å². The molecule has 0 spiro atoms. The lowest BCUT2D eigenvalue weighted by atomic mass is 10.1. The highest BCUT2D eigenvalue weighted by Crippen LogP contribution is 2.29. The number of alkyl carbamates (subject to hydrolysis) is 1. The fourth-order valence-electron chi connectivity index (χ4n) is 2.11. The van der Waals surface area contributed by atoms with E-state index in [2.05, 4.69) is 5.32 Å². The van der Waals surface area contributed by atoms with Crippen molar-refractivity contribution >= 4 is 6.09 Å².